The first-order valence-electron chi connectivity index (χ1n) is 5.42. The van der Waals surface area contributed by atoms with Crippen LogP contribution in [0.3, 0.4) is 0 Å². The highest BCUT2D eigenvalue weighted by Crippen LogP contribution is 2.35. The Balaban J connectivity index is 2.47. The van der Waals surface area contributed by atoms with E-state index in [9.17, 15) is 13.2 Å². The van der Waals surface area contributed by atoms with Gasteiger partial charge in [0.1, 0.15) is 10.5 Å². The van der Waals surface area contributed by atoms with E-state index in [0.29, 0.717) is 32.4 Å². The average molecular weight is 305 g/mol. The minimum atomic E-state index is -4.42. The lowest BCUT2D eigenvalue weighted by Gasteiger charge is -2.06. The van der Waals surface area contributed by atoms with Crippen molar-refractivity contribution in [2.24, 2.45) is 0 Å². The summed E-state index contributed by atoms with van der Waals surface area (Å²) < 4.78 is 37.9. The maximum Gasteiger partial charge on any atom is 0.443 e. The first-order chi connectivity index (χ1) is 8.77. The first kappa shape index (κ1) is 14.1. The van der Waals surface area contributed by atoms with Gasteiger partial charge in [-0.3, -0.25) is 0 Å². The lowest BCUT2D eigenvalue weighted by molar-refractivity contribution is -0.137. The van der Waals surface area contributed by atoms with Crippen molar-refractivity contribution in [3.05, 3.63) is 27.7 Å². The number of nitrogens with one attached hydrogen (secondary N) is 1. The summed E-state index contributed by atoms with van der Waals surface area (Å²) in [5.41, 5.74) is 0.511. The standard InChI is InChI=1S/C11H10F3N3S2/c1-5(2)9-16-6(3-8(18)17-9)7-4-15-10(19-7)11(12,13)14/h3-5H,1-2H3,(H,16,17,18). The lowest BCUT2D eigenvalue weighted by Crippen LogP contribution is -2.02. The van der Waals surface area contributed by atoms with E-state index in [1.807, 2.05) is 13.8 Å². The Bertz CT molecular complexity index is 643. The summed E-state index contributed by atoms with van der Waals surface area (Å²) in [5, 5.41) is -0.871. The second kappa shape index (κ2) is 5.01. The Hall–Kier alpha value is -1.28. The predicted molar refractivity (Wildman–Crippen MR) is 69.6 cm³/mol. The third-order valence-electron chi connectivity index (χ3n) is 2.32. The van der Waals surface area contributed by atoms with Gasteiger partial charge in [-0.1, -0.05) is 26.1 Å². The molecule has 8 heteroatoms. The zero-order chi connectivity index (χ0) is 14.2. The number of hydrogen-bond acceptors (Lipinski definition) is 4. The van der Waals surface area contributed by atoms with Crippen LogP contribution in [-0.4, -0.2) is 15.0 Å². The van der Waals surface area contributed by atoms with Gasteiger partial charge in [0.05, 0.1) is 10.6 Å². The Kier molecular flexibility index (Phi) is 3.73. The number of aromatic nitrogens is 3. The van der Waals surface area contributed by atoms with Crippen LogP contribution in [0.4, 0.5) is 13.2 Å². The Morgan fingerprint density at radius 1 is 1.37 bits per heavy atom. The zero-order valence-corrected chi connectivity index (χ0v) is 11.7. The van der Waals surface area contributed by atoms with E-state index in [1.165, 1.54) is 12.3 Å². The molecule has 2 heterocycles. The number of alkyl halides is 3. The first-order valence-corrected chi connectivity index (χ1v) is 6.64. The van der Waals surface area contributed by atoms with Gasteiger partial charge < -0.3 is 4.98 Å². The normalized spacial score (nSPS) is 12.1. The van der Waals surface area contributed by atoms with Gasteiger partial charge in [-0.2, -0.15) is 13.2 Å². The molecule has 1 N–H and O–H groups in total. The summed E-state index contributed by atoms with van der Waals surface area (Å²) in [7, 11) is 0. The molecule has 0 saturated carbocycles. The minimum Gasteiger partial charge on any atom is -0.342 e. The van der Waals surface area contributed by atoms with Crippen molar-refractivity contribution >= 4 is 23.6 Å². The molecule has 0 atom stereocenters. The van der Waals surface area contributed by atoms with E-state index in [-0.39, 0.29) is 5.92 Å². The van der Waals surface area contributed by atoms with Crippen molar-refractivity contribution in [1.82, 2.24) is 15.0 Å². The Morgan fingerprint density at radius 2 is 2.05 bits per heavy atom. The van der Waals surface area contributed by atoms with Crippen LogP contribution in [0, 0.1) is 4.64 Å². The molecule has 0 radical (unpaired) electrons. The van der Waals surface area contributed by atoms with Crippen LogP contribution in [0.1, 0.15) is 30.6 Å². The van der Waals surface area contributed by atoms with E-state index in [2.05, 4.69) is 15.0 Å². The molecule has 0 unspecified atom stereocenters. The van der Waals surface area contributed by atoms with Crippen molar-refractivity contribution in [2.75, 3.05) is 0 Å². The molecule has 0 aliphatic rings. The predicted octanol–water partition coefficient (Wildman–Crippen LogP) is 4.40. The van der Waals surface area contributed by atoms with E-state index < -0.39 is 11.2 Å². The molecule has 0 fully saturated rings. The molecule has 102 valence electrons. The smallest absolute Gasteiger partial charge is 0.342 e. The highest BCUT2D eigenvalue weighted by Gasteiger charge is 2.34. The van der Waals surface area contributed by atoms with Crippen LogP contribution < -0.4 is 0 Å². The van der Waals surface area contributed by atoms with Gasteiger partial charge in [-0.15, -0.1) is 11.3 Å². The zero-order valence-electron chi connectivity index (χ0n) is 10.1. The monoisotopic (exact) mass is 305 g/mol. The Morgan fingerprint density at radius 3 is 2.58 bits per heavy atom. The van der Waals surface area contributed by atoms with Crippen LogP contribution >= 0.6 is 23.6 Å². The number of rotatable bonds is 2. The van der Waals surface area contributed by atoms with Crippen LogP contribution in [0.2, 0.25) is 0 Å². The maximum absolute atomic E-state index is 12.5. The maximum atomic E-state index is 12.5. The molecule has 0 bridgehead atoms. The van der Waals surface area contributed by atoms with E-state index >= 15 is 0 Å². The minimum absolute atomic E-state index is 0.108. The fourth-order valence-electron chi connectivity index (χ4n) is 1.41. The summed E-state index contributed by atoms with van der Waals surface area (Å²) in [6, 6.07) is 1.54. The Labute approximate surface area is 116 Å². The molecule has 0 aliphatic carbocycles. The molecule has 2 aromatic heterocycles. The number of nitrogens with zero attached hydrogens (tertiary/aromatic N) is 2. The van der Waals surface area contributed by atoms with Crippen molar-refractivity contribution in [1.29, 1.82) is 0 Å². The number of H-pyrrole nitrogens is 1. The lowest BCUT2D eigenvalue weighted by atomic mass is 10.2. The molecule has 0 spiro atoms. The summed E-state index contributed by atoms with van der Waals surface area (Å²) in [6.07, 6.45) is -3.23. The van der Waals surface area contributed by atoms with Crippen molar-refractivity contribution in [3.63, 3.8) is 0 Å². The highest BCUT2D eigenvalue weighted by atomic mass is 32.1. The molecule has 0 saturated heterocycles. The van der Waals surface area contributed by atoms with Gasteiger partial charge in [0.15, 0.2) is 5.01 Å². The summed E-state index contributed by atoms with van der Waals surface area (Å²) in [5.74, 6) is 0.751. The molecular formula is C11H10F3N3S2. The quantitative estimate of drug-likeness (QED) is 0.836. The summed E-state index contributed by atoms with van der Waals surface area (Å²) in [4.78, 5) is 10.9. The van der Waals surface area contributed by atoms with Gasteiger partial charge in [0.2, 0.25) is 0 Å². The largest absolute Gasteiger partial charge is 0.443 e. The fourth-order valence-corrected chi connectivity index (χ4v) is 2.38. The van der Waals surface area contributed by atoms with Gasteiger partial charge in [-0.05, 0) is 6.07 Å². The van der Waals surface area contributed by atoms with Crippen LogP contribution in [-0.2, 0) is 6.18 Å². The SMILES string of the molecule is CC(C)c1nc(=S)cc(-c2cnc(C(F)(F)F)s2)[nH]1. The third-order valence-corrected chi connectivity index (χ3v) is 3.61. The van der Waals surface area contributed by atoms with Crippen molar-refractivity contribution < 1.29 is 13.2 Å². The van der Waals surface area contributed by atoms with Gasteiger partial charge in [0, 0.05) is 12.1 Å². The molecule has 0 aliphatic heterocycles. The van der Waals surface area contributed by atoms with E-state index in [1.54, 1.807) is 0 Å². The second-order valence-electron chi connectivity index (χ2n) is 4.20. The fraction of sp³-hybridized carbons (Fsp3) is 0.364. The number of hydrogen-bond donors (Lipinski definition) is 1. The van der Waals surface area contributed by atoms with Gasteiger partial charge in [-0.25, -0.2) is 9.97 Å². The van der Waals surface area contributed by atoms with Crippen LogP contribution in [0.15, 0.2) is 12.3 Å². The number of thiazole rings is 1. The second-order valence-corrected chi connectivity index (χ2v) is 5.65. The molecule has 19 heavy (non-hydrogen) atoms. The highest BCUT2D eigenvalue weighted by molar-refractivity contribution is 7.71. The molecule has 0 amide bonds. The van der Waals surface area contributed by atoms with E-state index in [4.69, 9.17) is 12.2 Å². The van der Waals surface area contributed by atoms with Gasteiger partial charge >= 0.3 is 6.18 Å². The van der Waals surface area contributed by atoms with Crippen molar-refractivity contribution in [3.8, 4) is 10.6 Å². The summed E-state index contributed by atoms with van der Waals surface area (Å²) in [6.45, 7) is 3.84. The molecule has 3 nitrogen and oxygen atoms in total. The van der Waals surface area contributed by atoms with Gasteiger partial charge in [0.25, 0.3) is 0 Å². The van der Waals surface area contributed by atoms with E-state index in [0.717, 1.165) is 0 Å². The molecular weight excluding hydrogens is 295 g/mol. The third kappa shape index (κ3) is 3.19. The van der Waals surface area contributed by atoms with Crippen molar-refractivity contribution in [2.45, 2.75) is 25.9 Å². The summed E-state index contributed by atoms with van der Waals surface area (Å²) >= 11 is 5.60. The van der Waals surface area contributed by atoms with Crippen LogP contribution in [0.5, 0.6) is 0 Å². The van der Waals surface area contributed by atoms with Crippen LogP contribution in [0.25, 0.3) is 10.6 Å². The molecule has 2 aromatic rings. The average Bonchev–Trinajstić information content (AvgIpc) is 2.76. The number of halogens is 3. The number of aromatic amines is 1. The topological polar surface area (TPSA) is 41.6 Å². The molecule has 0 aromatic carbocycles. The molecule has 2 rings (SSSR count).